The maximum atomic E-state index is 13.3. The Hall–Kier alpha value is -3.57. The lowest BCUT2D eigenvalue weighted by molar-refractivity contribution is 0.101. The number of piperidine rings is 1. The van der Waals surface area contributed by atoms with E-state index in [2.05, 4.69) is 23.0 Å². The number of aliphatic imine (C=N–C) groups is 1. The standard InChI is InChI=1S/C30H38FN5O2/c1-4-12-35-14-11-24(15-23-7-9-27(31)10-8-23)16-29(35)6-5-13-36(20-32)30(33)34-28-18-25(21(2)37)17-26(19-28)22(3)38/h7-10,17-19,24,29H,4-6,11-16H2,1-3H3,(H2,33,34)/t24-,29-/m0/s1. The van der Waals surface area contributed by atoms with Crippen LogP contribution >= 0.6 is 0 Å². The van der Waals surface area contributed by atoms with Gasteiger partial charge in [0, 0.05) is 23.7 Å². The van der Waals surface area contributed by atoms with Crippen LogP contribution in [0.25, 0.3) is 0 Å². The molecule has 1 aliphatic heterocycles. The second-order valence-electron chi connectivity index (χ2n) is 10.2. The van der Waals surface area contributed by atoms with Crippen molar-refractivity contribution in [3.8, 4) is 6.19 Å². The van der Waals surface area contributed by atoms with Crippen molar-refractivity contribution in [2.24, 2.45) is 16.6 Å². The summed E-state index contributed by atoms with van der Waals surface area (Å²) in [5.74, 6) is 0.0107. The zero-order valence-electron chi connectivity index (χ0n) is 22.6. The molecule has 2 atom stereocenters. The zero-order chi connectivity index (χ0) is 27.7. The Bertz CT molecular complexity index is 1160. The molecule has 8 heteroatoms. The fourth-order valence-electron chi connectivity index (χ4n) is 5.18. The predicted octanol–water partition coefficient (Wildman–Crippen LogP) is 5.47. The molecule has 0 amide bonds. The first-order valence-corrected chi connectivity index (χ1v) is 13.4. The van der Waals surface area contributed by atoms with Gasteiger partial charge in [-0.2, -0.15) is 5.26 Å². The maximum Gasteiger partial charge on any atom is 0.209 e. The number of halogens is 1. The highest BCUT2D eigenvalue weighted by Gasteiger charge is 2.28. The van der Waals surface area contributed by atoms with Crippen LogP contribution in [0, 0.1) is 23.2 Å². The minimum atomic E-state index is -0.208. The van der Waals surface area contributed by atoms with Crippen molar-refractivity contribution in [1.82, 2.24) is 9.80 Å². The molecule has 202 valence electrons. The van der Waals surface area contributed by atoms with Crippen LogP contribution < -0.4 is 5.73 Å². The zero-order valence-corrected chi connectivity index (χ0v) is 22.6. The molecule has 0 unspecified atom stereocenters. The van der Waals surface area contributed by atoms with Crippen LogP contribution in [0.2, 0.25) is 0 Å². The summed E-state index contributed by atoms with van der Waals surface area (Å²) in [7, 11) is 0. The van der Waals surface area contributed by atoms with Crippen LogP contribution in [-0.2, 0) is 6.42 Å². The van der Waals surface area contributed by atoms with E-state index in [0.717, 1.165) is 51.6 Å². The monoisotopic (exact) mass is 519 g/mol. The fraction of sp³-hybridized carbons (Fsp3) is 0.467. The van der Waals surface area contributed by atoms with Gasteiger partial charge in [-0.25, -0.2) is 14.3 Å². The summed E-state index contributed by atoms with van der Waals surface area (Å²) in [6.07, 6.45) is 8.04. The number of nitrogens with two attached hydrogens (primary N) is 1. The van der Waals surface area contributed by atoms with Gasteiger partial charge in [-0.15, -0.1) is 0 Å². The Balaban J connectivity index is 1.64. The van der Waals surface area contributed by atoms with Crippen molar-refractivity contribution < 1.29 is 14.0 Å². The Morgan fingerprint density at radius 2 is 1.82 bits per heavy atom. The molecule has 1 aliphatic rings. The van der Waals surface area contributed by atoms with Crippen LogP contribution in [0.5, 0.6) is 0 Å². The molecular formula is C30H38FN5O2. The van der Waals surface area contributed by atoms with E-state index in [1.807, 2.05) is 12.1 Å². The van der Waals surface area contributed by atoms with E-state index in [4.69, 9.17) is 5.73 Å². The number of rotatable bonds is 11. The van der Waals surface area contributed by atoms with Gasteiger partial charge < -0.3 is 10.6 Å². The molecule has 2 aromatic rings. The van der Waals surface area contributed by atoms with E-state index < -0.39 is 0 Å². The second kappa shape index (κ2) is 13.8. The summed E-state index contributed by atoms with van der Waals surface area (Å²) in [4.78, 5) is 32.0. The Labute approximate surface area is 225 Å². The average Bonchev–Trinajstić information content (AvgIpc) is 2.89. The highest BCUT2D eigenvalue weighted by Crippen LogP contribution is 2.29. The lowest BCUT2D eigenvalue weighted by Gasteiger charge is -2.40. The highest BCUT2D eigenvalue weighted by atomic mass is 19.1. The number of likely N-dealkylation sites (tertiary alicyclic amines) is 1. The minimum Gasteiger partial charge on any atom is -0.369 e. The van der Waals surface area contributed by atoms with E-state index in [1.54, 1.807) is 12.1 Å². The third-order valence-electron chi connectivity index (χ3n) is 7.19. The van der Waals surface area contributed by atoms with Gasteiger partial charge in [-0.05, 0) is 107 Å². The number of nitriles is 1. The predicted molar refractivity (Wildman–Crippen MR) is 148 cm³/mol. The molecule has 1 heterocycles. The van der Waals surface area contributed by atoms with Crippen molar-refractivity contribution in [2.45, 2.75) is 65.3 Å². The minimum absolute atomic E-state index is 0.0333. The molecule has 0 spiro atoms. The number of hydrogen-bond donors (Lipinski definition) is 1. The lowest BCUT2D eigenvalue weighted by Crippen LogP contribution is -2.44. The molecule has 2 aromatic carbocycles. The number of Topliss-reactive ketones (excluding diaryl/α,β-unsaturated/α-hetero) is 2. The molecule has 1 fully saturated rings. The number of ketones is 2. The van der Waals surface area contributed by atoms with Crippen LogP contribution in [0.3, 0.4) is 0 Å². The Kier molecular flexibility index (Phi) is 10.5. The normalized spacial score (nSPS) is 18.1. The van der Waals surface area contributed by atoms with Crippen LogP contribution in [0.4, 0.5) is 10.1 Å². The maximum absolute atomic E-state index is 13.3. The van der Waals surface area contributed by atoms with Crippen molar-refractivity contribution in [3.05, 3.63) is 65.0 Å². The molecule has 7 nitrogen and oxygen atoms in total. The fourth-order valence-corrected chi connectivity index (χ4v) is 5.18. The number of carbonyl (C=O) groups is 2. The summed E-state index contributed by atoms with van der Waals surface area (Å²) in [6.45, 7) is 7.56. The number of nitrogens with zero attached hydrogens (tertiary/aromatic N) is 4. The molecule has 0 aromatic heterocycles. The molecule has 0 aliphatic carbocycles. The SMILES string of the molecule is CCCN1CC[C@@H](Cc2ccc(F)cc2)C[C@@H]1CCCN(C#N)C(N)=Nc1cc(C(C)=O)cc(C(C)=O)c1. The smallest absolute Gasteiger partial charge is 0.209 e. The van der Waals surface area contributed by atoms with E-state index >= 15 is 0 Å². The summed E-state index contributed by atoms with van der Waals surface area (Å²) in [6, 6.07) is 11.9. The average molecular weight is 520 g/mol. The number of benzene rings is 2. The van der Waals surface area contributed by atoms with E-state index in [0.29, 0.717) is 35.3 Å². The summed E-state index contributed by atoms with van der Waals surface area (Å²) in [5, 5.41) is 9.73. The van der Waals surface area contributed by atoms with E-state index in [-0.39, 0.29) is 23.3 Å². The van der Waals surface area contributed by atoms with Crippen LogP contribution in [0.1, 0.15) is 79.2 Å². The van der Waals surface area contributed by atoms with Crippen LogP contribution in [0.15, 0.2) is 47.5 Å². The van der Waals surface area contributed by atoms with Gasteiger partial charge in [0.1, 0.15) is 5.82 Å². The van der Waals surface area contributed by atoms with Crippen molar-refractivity contribution >= 4 is 23.2 Å². The molecule has 2 N–H and O–H groups in total. The molecular weight excluding hydrogens is 481 g/mol. The first kappa shape index (κ1) is 29.0. The van der Waals surface area contributed by atoms with Crippen LogP contribution in [-0.4, -0.2) is 53.0 Å². The Morgan fingerprint density at radius 3 is 2.39 bits per heavy atom. The quantitative estimate of drug-likeness (QED) is 0.139. The van der Waals surface area contributed by atoms with E-state index in [1.165, 1.54) is 42.5 Å². The van der Waals surface area contributed by atoms with Crippen molar-refractivity contribution in [1.29, 1.82) is 5.26 Å². The van der Waals surface area contributed by atoms with Crippen molar-refractivity contribution in [2.75, 3.05) is 19.6 Å². The number of carbonyl (C=O) groups excluding carboxylic acids is 2. The largest absolute Gasteiger partial charge is 0.369 e. The molecule has 0 bridgehead atoms. The van der Waals surface area contributed by atoms with Gasteiger partial charge in [0.15, 0.2) is 17.8 Å². The van der Waals surface area contributed by atoms with Gasteiger partial charge in [0.2, 0.25) is 5.96 Å². The van der Waals surface area contributed by atoms with Gasteiger partial charge in [0.25, 0.3) is 0 Å². The molecule has 0 radical (unpaired) electrons. The summed E-state index contributed by atoms with van der Waals surface area (Å²) in [5.41, 5.74) is 8.45. The molecule has 0 saturated carbocycles. The summed E-state index contributed by atoms with van der Waals surface area (Å²) < 4.78 is 13.3. The molecule has 1 saturated heterocycles. The molecule has 3 rings (SSSR count). The first-order chi connectivity index (χ1) is 18.2. The highest BCUT2D eigenvalue weighted by molar-refractivity contribution is 6.01. The number of guanidine groups is 1. The van der Waals surface area contributed by atoms with E-state index in [9.17, 15) is 19.2 Å². The van der Waals surface area contributed by atoms with Gasteiger partial charge >= 0.3 is 0 Å². The Morgan fingerprint density at radius 1 is 1.16 bits per heavy atom. The van der Waals surface area contributed by atoms with Crippen molar-refractivity contribution in [3.63, 3.8) is 0 Å². The second-order valence-corrected chi connectivity index (χ2v) is 10.2. The summed E-state index contributed by atoms with van der Waals surface area (Å²) >= 11 is 0. The van der Waals surface area contributed by atoms with Gasteiger partial charge in [-0.3, -0.25) is 9.59 Å². The topological polar surface area (TPSA) is 103 Å². The third-order valence-corrected chi connectivity index (χ3v) is 7.19. The van der Waals surface area contributed by atoms with Gasteiger partial charge in [0.05, 0.1) is 5.69 Å². The first-order valence-electron chi connectivity index (χ1n) is 13.4. The lowest BCUT2D eigenvalue weighted by atomic mass is 9.84. The third kappa shape index (κ3) is 8.22. The molecule has 38 heavy (non-hydrogen) atoms. The number of hydrogen-bond acceptors (Lipinski definition) is 5. The van der Waals surface area contributed by atoms with Gasteiger partial charge in [-0.1, -0.05) is 19.1 Å².